The maximum absolute atomic E-state index is 13.1. The van der Waals surface area contributed by atoms with Gasteiger partial charge in [-0.2, -0.15) is 4.31 Å². The number of carbonyl (C=O) groups is 2. The Morgan fingerprint density at radius 1 is 0.956 bits per heavy atom. The largest absolute Gasteiger partial charge is 0.489 e. The number of para-hydroxylation sites is 1. The standard InChI is InChI=1S/C30H40N4O9S2/c1-21-25(24-9-7-8-10-26(24)34(21)29(36)43-30(2,3)4)19-42-23-13-11-22(12-14-23)31-45(39,40)20-27(28(35)41-5)32-15-17-33(18-16-32)44(6,37)38/h7-14,27,31H,15-20H2,1-6H3/t27-/m1/s1. The van der Waals surface area contributed by atoms with Crippen molar-refractivity contribution in [3.8, 4) is 5.75 Å². The number of aromatic nitrogens is 1. The first-order valence-electron chi connectivity index (χ1n) is 14.3. The van der Waals surface area contributed by atoms with E-state index in [0.717, 1.165) is 17.2 Å². The summed E-state index contributed by atoms with van der Waals surface area (Å²) >= 11 is 0. The van der Waals surface area contributed by atoms with Crippen molar-refractivity contribution in [2.45, 2.75) is 45.9 Å². The molecule has 2 aromatic carbocycles. The molecular formula is C30H40N4O9S2. The van der Waals surface area contributed by atoms with E-state index in [1.54, 1.807) is 29.2 Å². The number of ether oxygens (including phenoxy) is 3. The molecule has 0 spiro atoms. The van der Waals surface area contributed by atoms with E-state index in [-0.39, 0.29) is 38.5 Å². The minimum absolute atomic E-state index is 0.141. The summed E-state index contributed by atoms with van der Waals surface area (Å²) in [4.78, 5) is 27.1. The van der Waals surface area contributed by atoms with E-state index in [0.29, 0.717) is 17.0 Å². The van der Waals surface area contributed by atoms with Crippen LogP contribution in [-0.4, -0.2) is 99.6 Å². The van der Waals surface area contributed by atoms with Gasteiger partial charge in [0.05, 0.1) is 24.6 Å². The number of benzene rings is 2. The first kappa shape index (κ1) is 34.2. The van der Waals surface area contributed by atoms with Gasteiger partial charge in [-0.3, -0.25) is 14.4 Å². The van der Waals surface area contributed by atoms with Crippen LogP contribution in [0.4, 0.5) is 10.5 Å². The van der Waals surface area contributed by atoms with Crippen LogP contribution >= 0.6 is 0 Å². The second-order valence-corrected chi connectivity index (χ2v) is 15.6. The topological polar surface area (TPSA) is 154 Å². The van der Waals surface area contributed by atoms with Gasteiger partial charge in [-0.05, 0) is 58.0 Å². The van der Waals surface area contributed by atoms with Crippen molar-refractivity contribution in [1.29, 1.82) is 0 Å². The zero-order valence-corrected chi connectivity index (χ0v) is 27.9. The molecule has 0 amide bonds. The lowest BCUT2D eigenvalue weighted by Gasteiger charge is -2.36. The zero-order valence-electron chi connectivity index (χ0n) is 26.3. The van der Waals surface area contributed by atoms with Gasteiger partial charge >= 0.3 is 12.1 Å². The zero-order chi connectivity index (χ0) is 33.2. The first-order chi connectivity index (χ1) is 21.0. The summed E-state index contributed by atoms with van der Waals surface area (Å²) in [5.41, 5.74) is 1.81. The van der Waals surface area contributed by atoms with Crippen molar-refractivity contribution in [3.63, 3.8) is 0 Å². The average Bonchev–Trinajstić information content (AvgIpc) is 3.24. The predicted molar refractivity (Wildman–Crippen MR) is 170 cm³/mol. The number of methoxy groups -OCH3 is 1. The van der Waals surface area contributed by atoms with E-state index in [2.05, 4.69) is 4.72 Å². The predicted octanol–water partition coefficient (Wildman–Crippen LogP) is 3.17. The second kappa shape index (κ2) is 13.4. The molecule has 0 aliphatic carbocycles. The second-order valence-electron chi connectivity index (χ2n) is 11.8. The van der Waals surface area contributed by atoms with Gasteiger partial charge in [0.2, 0.25) is 20.0 Å². The molecule has 45 heavy (non-hydrogen) atoms. The molecule has 1 saturated heterocycles. The lowest BCUT2D eigenvalue weighted by Crippen LogP contribution is -2.56. The summed E-state index contributed by atoms with van der Waals surface area (Å²) in [7, 11) is -6.22. The van der Waals surface area contributed by atoms with Gasteiger partial charge in [0.25, 0.3) is 0 Å². The molecule has 1 aliphatic heterocycles. The molecular weight excluding hydrogens is 624 g/mol. The van der Waals surface area contributed by atoms with Gasteiger partial charge in [0.1, 0.15) is 24.0 Å². The number of carbonyl (C=O) groups excluding carboxylic acids is 2. The SMILES string of the molecule is COC(=O)[C@@H](CS(=O)(=O)Nc1ccc(OCc2c(C)n(C(=O)OC(C)(C)C)c3ccccc23)cc1)N1CCN(S(C)(=O)=O)CC1. The van der Waals surface area contributed by atoms with Gasteiger partial charge in [0, 0.05) is 48.5 Å². The maximum Gasteiger partial charge on any atom is 0.419 e. The van der Waals surface area contributed by atoms with Gasteiger partial charge in [-0.15, -0.1) is 0 Å². The number of esters is 1. The number of fused-ring (bicyclic) bond motifs is 1. The van der Waals surface area contributed by atoms with Gasteiger partial charge in [0.15, 0.2) is 0 Å². The number of hydrogen-bond donors (Lipinski definition) is 1. The van der Waals surface area contributed by atoms with E-state index in [9.17, 15) is 26.4 Å². The Bertz CT molecular complexity index is 1750. The van der Waals surface area contributed by atoms with Crippen molar-refractivity contribution < 1.29 is 40.6 Å². The lowest BCUT2D eigenvalue weighted by atomic mass is 10.1. The van der Waals surface area contributed by atoms with E-state index in [1.165, 1.54) is 16.0 Å². The normalized spacial score (nSPS) is 15.9. The third-order valence-electron chi connectivity index (χ3n) is 7.36. The van der Waals surface area contributed by atoms with Crippen molar-refractivity contribution in [2.75, 3.05) is 50.0 Å². The number of rotatable bonds is 10. The molecule has 0 radical (unpaired) electrons. The summed E-state index contributed by atoms with van der Waals surface area (Å²) in [5, 5.41) is 0.850. The first-order valence-corrected chi connectivity index (χ1v) is 17.8. The van der Waals surface area contributed by atoms with E-state index in [4.69, 9.17) is 14.2 Å². The van der Waals surface area contributed by atoms with Crippen LogP contribution in [0.5, 0.6) is 5.75 Å². The fourth-order valence-corrected chi connectivity index (χ4v) is 7.34. The van der Waals surface area contributed by atoms with Gasteiger partial charge in [-0.25, -0.2) is 26.2 Å². The van der Waals surface area contributed by atoms with Crippen molar-refractivity contribution >= 4 is 48.7 Å². The summed E-state index contributed by atoms with van der Waals surface area (Å²) < 4.78 is 71.6. The number of anilines is 1. The number of nitrogens with one attached hydrogen (secondary N) is 1. The van der Waals surface area contributed by atoms with Crippen LogP contribution in [0.3, 0.4) is 0 Å². The Hall–Kier alpha value is -3.66. The lowest BCUT2D eigenvalue weighted by molar-refractivity contribution is -0.146. The summed E-state index contributed by atoms with van der Waals surface area (Å²) in [6.07, 6.45) is 0.627. The van der Waals surface area contributed by atoms with Crippen LogP contribution in [0.25, 0.3) is 10.9 Å². The van der Waals surface area contributed by atoms with Crippen LogP contribution in [0.15, 0.2) is 48.5 Å². The molecule has 2 heterocycles. The fraction of sp³-hybridized carbons (Fsp3) is 0.467. The molecule has 4 rings (SSSR count). The molecule has 1 aliphatic rings. The van der Waals surface area contributed by atoms with Crippen LogP contribution in [0, 0.1) is 6.92 Å². The third-order valence-corrected chi connectivity index (χ3v) is 9.97. The Morgan fingerprint density at radius 3 is 2.16 bits per heavy atom. The number of piperazine rings is 1. The minimum Gasteiger partial charge on any atom is -0.489 e. The van der Waals surface area contributed by atoms with E-state index < -0.39 is 49.5 Å². The summed E-state index contributed by atoms with van der Waals surface area (Å²) in [5.74, 6) is -0.819. The number of nitrogens with zero attached hydrogens (tertiary/aromatic N) is 3. The Morgan fingerprint density at radius 2 is 1.58 bits per heavy atom. The summed E-state index contributed by atoms with van der Waals surface area (Å²) in [6.45, 7) is 8.05. The fourth-order valence-electron chi connectivity index (χ4n) is 5.17. The van der Waals surface area contributed by atoms with Crippen LogP contribution in [0.2, 0.25) is 0 Å². The molecule has 1 fully saturated rings. The molecule has 15 heteroatoms. The summed E-state index contributed by atoms with van der Waals surface area (Å²) in [6, 6.07) is 12.7. The molecule has 246 valence electrons. The highest BCUT2D eigenvalue weighted by Crippen LogP contribution is 2.29. The monoisotopic (exact) mass is 664 g/mol. The Kier molecular flexibility index (Phi) is 10.2. The quantitative estimate of drug-likeness (QED) is 0.320. The Labute approximate surface area is 264 Å². The van der Waals surface area contributed by atoms with Crippen molar-refractivity contribution in [2.24, 2.45) is 0 Å². The smallest absolute Gasteiger partial charge is 0.419 e. The van der Waals surface area contributed by atoms with Crippen molar-refractivity contribution in [3.05, 3.63) is 59.8 Å². The van der Waals surface area contributed by atoms with Crippen molar-refractivity contribution in [1.82, 2.24) is 13.8 Å². The number of hydrogen-bond acceptors (Lipinski definition) is 10. The molecule has 1 aromatic heterocycles. The molecule has 0 unspecified atom stereocenters. The van der Waals surface area contributed by atoms with E-state index >= 15 is 0 Å². The maximum atomic E-state index is 13.1. The highest BCUT2D eigenvalue weighted by atomic mass is 32.2. The highest BCUT2D eigenvalue weighted by Gasteiger charge is 2.35. The average molecular weight is 665 g/mol. The third kappa shape index (κ3) is 8.54. The van der Waals surface area contributed by atoms with Gasteiger partial charge in [-0.1, -0.05) is 18.2 Å². The van der Waals surface area contributed by atoms with Crippen LogP contribution in [0.1, 0.15) is 32.0 Å². The number of sulfonamides is 2. The van der Waals surface area contributed by atoms with Gasteiger partial charge < -0.3 is 14.2 Å². The highest BCUT2D eigenvalue weighted by molar-refractivity contribution is 7.92. The van der Waals surface area contributed by atoms with E-state index in [1.807, 2.05) is 52.0 Å². The molecule has 1 N–H and O–H groups in total. The molecule has 3 aromatic rings. The molecule has 13 nitrogen and oxygen atoms in total. The minimum atomic E-state index is -4.01. The van der Waals surface area contributed by atoms with Crippen LogP contribution < -0.4 is 9.46 Å². The Balaban J connectivity index is 1.43. The molecule has 0 bridgehead atoms. The molecule has 0 saturated carbocycles. The van der Waals surface area contributed by atoms with Crippen LogP contribution in [-0.2, 0) is 40.9 Å². The molecule has 1 atom stereocenters.